The monoisotopic (exact) mass is 385 g/mol. The van der Waals surface area contributed by atoms with Gasteiger partial charge in [-0.25, -0.2) is 0 Å². The van der Waals surface area contributed by atoms with E-state index in [0.717, 1.165) is 5.56 Å². The van der Waals surface area contributed by atoms with Gasteiger partial charge in [-0.05, 0) is 48.4 Å². The van der Waals surface area contributed by atoms with E-state index in [-0.39, 0.29) is 17.2 Å². The van der Waals surface area contributed by atoms with Gasteiger partial charge in [-0.2, -0.15) is 10.5 Å². The number of nitrogens with zero attached hydrogens (tertiary/aromatic N) is 2. The number of carbonyl (C=O) groups excluding carboxylic acids is 1. The quantitative estimate of drug-likeness (QED) is 0.594. The smallest absolute Gasteiger partial charge is 0.266 e. The fraction of sp³-hybridized carbons (Fsp3) is 0.105. The molecule has 130 valence electrons. The lowest BCUT2D eigenvalue weighted by Crippen LogP contribution is -2.13. The summed E-state index contributed by atoms with van der Waals surface area (Å²) in [6.45, 7) is 1.72. The number of carbonyl (C=O) groups is 1. The first-order chi connectivity index (χ1) is 12.4. The number of rotatable bonds is 5. The number of nitrogens with one attached hydrogen (secondary N) is 1. The van der Waals surface area contributed by atoms with Crippen LogP contribution in [-0.4, -0.2) is 12.5 Å². The molecule has 0 heterocycles. The first-order valence-electron chi connectivity index (χ1n) is 7.43. The molecule has 0 atom stereocenters. The third kappa shape index (κ3) is 5.00. The zero-order valence-electron chi connectivity index (χ0n) is 13.7. The van der Waals surface area contributed by atoms with E-state index in [9.17, 15) is 10.1 Å². The third-order valence-electron chi connectivity index (χ3n) is 3.35. The maximum absolute atomic E-state index is 12.3. The van der Waals surface area contributed by atoms with Crippen LogP contribution in [0.1, 0.15) is 11.1 Å². The standard InChI is InChI=1S/C19H13Cl2N3O2/c1-12-2-4-15(10-16(12)20)24-19(25)14(11-23)8-13-3-5-18(17(21)9-13)26-7-6-22/h2-5,8-10H,7H2,1H3,(H,24,25)/b14-8+. The molecule has 0 aliphatic rings. The van der Waals surface area contributed by atoms with Crippen molar-refractivity contribution in [2.45, 2.75) is 6.92 Å². The third-order valence-corrected chi connectivity index (χ3v) is 4.06. The van der Waals surface area contributed by atoms with E-state index in [1.165, 1.54) is 6.08 Å². The minimum Gasteiger partial charge on any atom is -0.477 e. The maximum Gasteiger partial charge on any atom is 0.266 e. The summed E-state index contributed by atoms with van der Waals surface area (Å²) in [4.78, 5) is 12.3. The summed E-state index contributed by atoms with van der Waals surface area (Å²) in [5.41, 5.74) is 1.83. The molecule has 26 heavy (non-hydrogen) atoms. The molecule has 2 aromatic rings. The summed E-state index contributed by atoms with van der Waals surface area (Å²) in [6.07, 6.45) is 1.41. The lowest BCUT2D eigenvalue weighted by Gasteiger charge is -2.07. The van der Waals surface area contributed by atoms with Gasteiger partial charge in [-0.3, -0.25) is 4.79 Å². The summed E-state index contributed by atoms with van der Waals surface area (Å²) in [5.74, 6) is -0.212. The van der Waals surface area contributed by atoms with Crippen molar-refractivity contribution < 1.29 is 9.53 Å². The molecule has 1 N–H and O–H groups in total. The normalized spacial score (nSPS) is 10.6. The van der Waals surface area contributed by atoms with Gasteiger partial charge in [0.1, 0.15) is 23.5 Å². The van der Waals surface area contributed by atoms with Crippen molar-refractivity contribution in [2.75, 3.05) is 11.9 Å². The molecule has 0 aliphatic heterocycles. The highest BCUT2D eigenvalue weighted by molar-refractivity contribution is 6.32. The number of ether oxygens (including phenoxy) is 1. The molecule has 1 amide bonds. The first-order valence-corrected chi connectivity index (χ1v) is 8.19. The second kappa shape index (κ2) is 8.92. The zero-order valence-corrected chi connectivity index (χ0v) is 15.2. The minimum atomic E-state index is -0.562. The maximum atomic E-state index is 12.3. The molecule has 2 rings (SSSR count). The second-order valence-electron chi connectivity index (χ2n) is 5.22. The topological polar surface area (TPSA) is 85.9 Å². The Morgan fingerprint density at radius 3 is 2.58 bits per heavy atom. The number of aryl methyl sites for hydroxylation is 1. The van der Waals surface area contributed by atoms with Gasteiger partial charge in [-0.15, -0.1) is 0 Å². The fourth-order valence-corrected chi connectivity index (χ4v) is 2.44. The Kier molecular flexibility index (Phi) is 6.63. The van der Waals surface area contributed by atoms with Crippen molar-refractivity contribution >= 4 is 40.9 Å². The molecule has 0 aromatic heterocycles. The molecule has 5 nitrogen and oxygen atoms in total. The number of hydrogen-bond acceptors (Lipinski definition) is 4. The second-order valence-corrected chi connectivity index (χ2v) is 6.04. The van der Waals surface area contributed by atoms with Crippen molar-refractivity contribution in [1.82, 2.24) is 0 Å². The van der Waals surface area contributed by atoms with E-state index in [4.69, 9.17) is 33.2 Å². The Hall–Kier alpha value is -2.99. The summed E-state index contributed by atoms with van der Waals surface area (Å²) in [7, 11) is 0. The van der Waals surface area contributed by atoms with Crippen LogP contribution in [0.5, 0.6) is 5.75 Å². The van der Waals surface area contributed by atoms with Crippen LogP contribution in [0.4, 0.5) is 5.69 Å². The average molecular weight is 386 g/mol. The zero-order chi connectivity index (χ0) is 19.1. The predicted octanol–water partition coefficient (Wildman–Crippen LogP) is 4.75. The van der Waals surface area contributed by atoms with Crippen molar-refractivity contribution in [3.8, 4) is 17.9 Å². The molecule has 0 saturated heterocycles. The van der Waals surface area contributed by atoms with Gasteiger partial charge in [0.15, 0.2) is 6.61 Å². The molecular formula is C19H13Cl2N3O2. The summed E-state index contributed by atoms with van der Waals surface area (Å²) in [5, 5.41) is 21.2. The van der Waals surface area contributed by atoms with Gasteiger partial charge in [-0.1, -0.05) is 35.3 Å². The van der Waals surface area contributed by atoms with Crippen LogP contribution in [0.15, 0.2) is 42.0 Å². The molecule has 0 aliphatic carbocycles. The van der Waals surface area contributed by atoms with Crippen LogP contribution in [0.25, 0.3) is 6.08 Å². The predicted molar refractivity (Wildman–Crippen MR) is 101 cm³/mol. The van der Waals surface area contributed by atoms with Crippen LogP contribution in [0.2, 0.25) is 10.0 Å². The number of nitriles is 2. The largest absolute Gasteiger partial charge is 0.477 e. The van der Waals surface area contributed by atoms with Gasteiger partial charge in [0.05, 0.1) is 5.02 Å². The van der Waals surface area contributed by atoms with Crippen LogP contribution >= 0.6 is 23.2 Å². The van der Waals surface area contributed by atoms with Crippen LogP contribution in [-0.2, 0) is 4.79 Å². The number of benzene rings is 2. The molecule has 0 radical (unpaired) electrons. The van der Waals surface area contributed by atoms with E-state index in [1.54, 1.807) is 36.4 Å². The lowest BCUT2D eigenvalue weighted by atomic mass is 10.1. The van der Waals surface area contributed by atoms with E-state index < -0.39 is 5.91 Å². The molecule has 7 heteroatoms. The SMILES string of the molecule is Cc1ccc(NC(=O)/C(C#N)=C/c2ccc(OCC#N)c(Cl)c2)cc1Cl. The van der Waals surface area contributed by atoms with Crippen molar-refractivity contribution in [1.29, 1.82) is 10.5 Å². The van der Waals surface area contributed by atoms with Gasteiger partial charge in [0.2, 0.25) is 0 Å². The first kappa shape index (κ1) is 19.3. The molecule has 2 aromatic carbocycles. The molecule has 0 unspecified atom stereocenters. The number of anilines is 1. The van der Waals surface area contributed by atoms with E-state index >= 15 is 0 Å². The van der Waals surface area contributed by atoms with Gasteiger partial charge in [0, 0.05) is 10.7 Å². The van der Waals surface area contributed by atoms with E-state index in [2.05, 4.69) is 5.32 Å². The Balaban J connectivity index is 2.20. The number of amides is 1. The van der Waals surface area contributed by atoms with Gasteiger partial charge >= 0.3 is 0 Å². The van der Waals surface area contributed by atoms with Crippen molar-refractivity contribution in [2.24, 2.45) is 0 Å². The van der Waals surface area contributed by atoms with Crippen molar-refractivity contribution in [3.05, 3.63) is 63.1 Å². The Morgan fingerprint density at radius 2 is 1.96 bits per heavy atom. The fourth-order valence-electron chi connectivity index (χ4n) is 2.02. The Labute approximate surface area is 161 Å². The van der Waals surface area contributed by atoms with Crippen LogP contribution < -0.4 is 10.1 Å². The summed E-state index contributed by atoms with van der Waals surface area (Å²) < 4.78 is 5.15. The number of halogens is 2. The Morgan fingerprint density at radius 1 is 1.19 bits per heavy atom. The molecule has 0 spiro atoms. The lowest BCUT2D eigenvalue weighted by molar-refractivity contribution is -0.112. The van der Waals surface area contributed by atoms with Crippen molar-refractivity contribution in [3.63, 3.8) is 0 Å². The van der Waals surface area contributed by atoms with Gasteiger partial charge < -0.3 is 10.1 Å². The highest BCUT2D eigenvalue weighted by atomic mass is 35.5. The molecule has 0 saturated carbocycles. The van der Waals surface area contributed by atoms with Crippen LogP contribution in [0, 0.1) is 29.6 Å². The van der Waals surface area contributed by atoms with Gasteiger partial charge in [0.25, 0.3) is 5.91 Å². The average Bonchev–Trinajstić information content (AvgIpc) is 2.62. The van der Waals surface area contributed by atoms with E-state index in [1.807, 2.05) is 19.1 Å². The highest BCUT2D eigenvalue weighted by Gasteiger charge is 2.11. The summed E-state index contributed by atoms with van der Waals surface area (Å²) in [6, 6.07) is 13.5. The molecule has 0 fully saturated rings. The number of hydrogen-bond donors (Lipinski definition) is 1. The molecular weight excluding hydrogens is 373 g/mol. The van der Waals surface area contributed by atoms with Crippen LogP contribution in [0.3, 0.4) is 0 Å². The van der Waals surface area contributed by atoms with E-state index in [0.29, 0.717) is 22.0 Å². The summed E-state index contributed by atoms with van der Waals surface area (Å²) >= 11 is 12.1. The highest BCUT2D eigenvalue weighted by Crippen LogP contribution is 2.26. The molecule has 0 bridgehead atoms. The Bertz CT molecular complexity index is 956. The minimum absolute atomic E-state index is 0.0940.